The Bertz CT molecular complexity index is 836. The Morgan fingerprint density at radius 3 is 2.61 bits per heavy atom. The Balaban J connectivity index is 1.98. The molecule has 118 valence electrons. The molecule has 0 radical (unpaired) electrons. The van der Waals surface area contributed by atoms with Crippen molar-refractivity contribution < 1.29 is 8.78 Å². The van der Waals surface area contributed by atoms with Gasteiger partial charge >= 0.3 is 0 Å². The minimum Gasteiger partial charge on any atom is -0.369 e. The maximum Gasteiger partial charge on any atom is 0.229 e. The van der Waals surface area contributed by atoms with Crippen LogP contribution in [0.5, 0.6) is 0 Å². The van der Waals surface area contributed by atoms with E-state index < -0.39 is 11.6 Å². The van der Waals surface area contributed by atoms with Crippen molar-refractivity contribution in [2.75, 3.05) is 17.2 Å². The van der Waals surface area contributed by atoms with Crippen LogP contribution in [0.4, 0.5) is 26.2 Å². The first-order valence-electron chi connectivity index (χ1n) is 7.40. The fourth-order valence-electron chi connectivity index (χ4n) is 2.21. The number of nitrogens with zero attached hydrogens (tertiary/aromatic N) is 2. The normalized spacial score (nSPS) is 10.7. The van der Waals surface area contributed by atoms with E-state index in [0.717, 1.165) is 36.0 Å². The van der Waals surface area contributed by atoms with Crippen molar-refractivity contribution >= 4 is 28.4 Å². The van der Waals surface area contributed by atoms with Crippen LogP contribution < -0.4 is 10.6 Å². The lowest BCUT2D eigenvalue weighted by Gasteiger charge is -2.11. The van der Waals surface area contributed by atoms with Crippen molar-refractivity contribution in [1.29, 1.82) is 0 Å². The van der Waals surface area contributed by atoms with Gasteiger partial charge in [-0.15, -0.1) is 0 Å². The van der Waals surface area contributed by atoms with Gasteiger partial charge in [-0.1, -0.05) is 19.1 Å². The topological polar surface area (TPSA) is 49.8 Å². The Labute approximate surface area is 132 Å². The molecule has 0 saturated carbocycles. The highest BCUT2D eigenvalue weighted by Crippen LogP contribution is 2.24. The third kappa shape index (κ3) is 3.36. The van der Waals surface area contributed by atoms with Crippen LogP contribution in [0.15, 0.2) is 42.5 Å². The van der Waals surface area contributed by atoms with Crippen LogP contribution in [0.25, 0.3) is 10.9 Å². The average molecular weight is 314 g/mol. The summed E-state index contributed by atoms with van der Waals surface area (Å²) >= 11 is 0. The second kappa shape index (κ2) is 6.56. The molecule has 2 aromatic carbocycles. The van der Waals surface area contributed by atoms with Crippen LogP contribution in [-0.2, 0) is 0 Å². The van der Waals surface area contributed by atoms with Gasteiger partial charge in [0.2, 0.25) is 5.95 Å². The number of fused-ring (bicyclic) bond motifs is 1. The third-order valence-corrected chi connectivity index (χ3v) is 3.32. The highest BCUT2D eigenvalue weighted by atomic mass is 19.2. The van der Waals surface area contributed by atoms with E-state index in [2.05, 4.69) is 27.5 Å². The van der Waals surface area contributed by atoms with E-state index in [1.807, 2.05) is 24.3 Å². The van der Waals surface area contributed by atoms with Crippen molar-refractivity contribution in [2.24, 2.45) is 0 Å². The molecule has 3 aromatic rings. The summed E-state index contributed by atoms with van der Waals surface area (Å²) in [7, 11) is 0. The van der Waals surface area contributed by atoms with Crippen LogP contribution in [0.3, 0.4) is 0 Å². The molecule has 0 fully saturated rings. The minimum absolute atomic E-state index is 0.327. The monoisotopic (exact) mass is 314 g/mol. The molecule has 0 atom stereocenters. The number of halogens is 2. The maximum absolute atomic E-state index is 13.3. The van der Waals surface area contributed by atoms with Gasteiger partial charge in [-0.05, 0) is 30.7 Å². The molecular formula is C17H16F2N4. The molecule has 3 rings (SSSR count). The van der Waals surface area contributed by atoms with Gasteiger partial charge in [0.1, 0.15) is 5.82 Å². The SMILES string of the molecule is CCCNc1nc(Nc2ccc(F)c(F)c2)nc2ccccc12. The number of hydrogen-bond acceptors (Lipinski definition) is 4. The van der Waals surface area contributed by atoms with Gasteiger partial charge in [0, 0.05) is 23.7 Å². The first-order valence-corrected chi connectivity index (χ1v) is 7.40. The van der Waals surface area contributed by atoms with Gasteiger partial charge in [0.05, 0.1) is 5.52 Å². The smallest absolute Gasteiger partial charge is 0.229 e. The van der Waals surface area contributed by atoms with Gasteiger partial charge in [-0.25, -0.2) is 13.8 Å². The summed E-state index contributed by atoms with van der Waals surface area (Å²) in [6, 6.07) is 11.2. The zero-order valence-corrected chi connectivity index (χ0v) is 12.6. The largest absolute Gasteiger partial charge is 0.369 e. The van der Waals surface area contributed by atoms with Crippen molar-refractivity contribution in [3.63, 3.8) is 0 Å². The van der Waals surface area contributed by atoms with Crippen molar-refractivity contribution in [1.82, 2.24) is 9.97 Å². The van der Waals surface area contributed by atoms with Crippen molar-refractivity contribution in [3.8, 4) is 0 Å². The Kier molecular flexibility index (Phi) is 4.32. The zero-order valence-electron chi connectivity index (χ0n) is 12.6. The molecule has 1 heterocycles. The summed E-state index contributed by atoms with van der Waals surface area (Å²) in [6.07, 6.45) is 0.963. The number of para-hydroxylation sites is 1. The number of hydrogen-bond donors (Lipinski definition) is 2. The molecule has 4 nitrogen and oxygen atoms in total. The van der Waals surface area contributed by atoms with Crippen LogP contribution in [0.2, 0.25) is 0 Å². The number of aromatic nitrogens is 2. The fourth-order valence-corrected chi connectivity index (χ4v) is 2.21. The lowest BCUT2D eigenvalue weighted by atomic mass is 10.2. The predicted octanol–water partition coefficient (Wildman–Crippen LogP) is 4.47. The molecule has 0 saturated heterocycles. The molecule has 0 bridgehead atoms. The van der Waals surface area contributed by atoms with Crippen molar-refractivity contribution in [2.45, 2.75) is 13.3 Å². The van der Waals surface area contributed by atoms with E-state index in [1.54, 1.807) is 0 Å². The lowest BCUT2D eigenvalue weighted by molar-refractivity contribution is 0.509. The van der Waals surface area contributed by atoms with E-state index in [9.17, 15) is 8.78 Å². The molecule has 0 aliphatic carbocycles. The summed E-state index contributed by atoms with van der Waals surface area (Å²) in [6.45, 7) is 2.85. The minimum atomic E-state index is -0.917. The fraction of sp³-hybridized carbons (Fsp3) is 0.176. The quantitative estimate of drug-likeness (QED) is 0.729. The molecule has 23 heavy (non-hydrogen) atoms. The highest BCUT2D eigenvalue weighted by molar-refractivity contribution is 5.90. The average Bonchev–Trinajstić information content (AvgIpc) is 2.56. The molecule has 0 spiro atoms. The molecule has 0 amide bonds. The number of rotatable bonds is 5. The summed E-state index contributed by atoms with van der Waals surface area (Å²) in [5.74, 6) is -0.767. The predicted molar refractivity (Wildman–Crippen MR) is 88.0 cm³/mol. The first-order chi connectivity index (χ1) is 11.2. The van der Waals surface area contributed by atoms with Gasteiger partial charge in [0.15, 0.2) is 11.6 Å². The summed E-state index contributed by atoms with van der Waals surface area (Å²) in [4.78, 5) is 8.85. The zero-order chi connectivity index (χ0) is 16.2. The summed E-state index contributed by atoms with van der Waals surface area (Å²) in [5, 5.41) is 7.08. The molecular weight excluding hydrogens is 298 g/mol. The third-order valence-electron chi connectivity index (χ3n) is 3.32. The van der Waals surface area contributed by atoms with Crippen LogP contribution >= 0.6 is 0 Å². The van der Waals surface area contributed by atoms with E-state index in [1.165, 1.54) is 6.07 Å². The van der Waals surface area contributed by atoms with Crippen LogP contribution in [-0.4, -0.2) is 16.5 Å². The second-order valence-corrected chi connectivity index (χ2v) is 5.09. The van der Waals surface area contributed by atoms with Gasteiger partial charge in [0.25, 0.3) is 0 Å². The molecule has 1 aromatic heterocycles. The van der Waals surface area contributed by atoms with E-state index in [4.69, 9.17) is 0 Å². The van der Waals surface area contributed by atoms with Crippen LogP contribution in [0, 0.1) is 11.6 Å². The Hall–Kier alpha value is -2.76. The Morgan fingerprint density at radius 1 is 1.00 bits per heavy atom. The van der Waals surface area contributed by atoms with Crippen LogP contribution in [0.1, 0.15) is 13.3 Å². The van der Waals surface area contributed by atoms with Gasteiger partial charge in [-0.3, -0.25) is 0 Å². The summed E-state index contributed by atoms with van der Waals surface area (Å²) in [5.41, 5.74) is 1.16. The number of nitrogens with one attached hydrogen (secondary N) is 2. The van der Waals surface area contributed by atoms with E-state index >= 15 is 0 Å². The van der Waals surface area contributed by atoms with Gasteiger partial charge in [-0.2, -0.15) is 4.98 Å². The first kappa shape index (κ1) is 15.1. The summed E-state index contributed by atoms with van der Waals surface area (Å²) < 4.78 is 26.3. The van der Waals surface area contributed by atoms with Gasteiger partial charge < -0.3 is 10.6 Å². The molecule has 2 N–H and O–H groups in total. The molecule has 0 aliphatic rings. The maximum atomic E-state index is 13.3. The second-order valence-electron chi connectivity index (χ2n) is 5.09. The van der Waals surface area contributed by atoms with Crippen molar-refractivity contribution in [3.05, 3.63) is 54.1 Å². The standard InChI is InChI=1S/C17H16F2N4/c1-2-9-20-16-12-5-3-4-6-15(12)22-17(23-16)21-11-7-8-13(18)14(19)10-11/h3-8,10H,2,9H2,1H3,(H2,20,21,22,23). The number of benzene rings is 2. The molecule has 0 unspecified atom stereocenters. The molecule has 6 heteroatoms. The van der Waals surface area contributed by atoms with E-state index in [-0.39, 0.29) is 0 Å². The molecule has 0 aliphatic heterocycles. The number of anilines is 3. The lowest BCUT2D eigenvalue weighted by Crippen LogP contribution is -2.06. The Morgan fingerprint density at radius 2 is 1.83 bits per heavy atom. The highest BCUT2D eigenvalue weighted by Gasteiger charge is 2.08. The van der Waals surface area contributed by atoms with E-state index in [0.29, 0.717) is 17.5 Å².